The molecule has 3 rings (SSSR count). The van der Waals surface area contributed by atoms with E-state index in [-0.39, 0.29) is 11.8 Å². The van der Waals surface area contributed by atoms with E-state index in [9.17, 15) is 9.90 Å². The van der Waals surface area contributed by atoms with Gasteiger partial charge < -0.3 is 20.2 Å². The Balaban J connectivity index is 1.76. The highest BCUT2D eigenvalue weighted by Gasteiger charge is 2.26. The zero-order chi connectivity index (χ0) is 15.0. The lowest BCUT2D eigenvalue weighted by molar-refractivity contribution is 0.0901. The number of hydrogen-bond acceptors (Lipinski definition) is 4. The third-order valence-electron chi connectivity index (χ3n) is 3.93. The van der Waals surface area contributed by atoms with Crippen molar-refractivity contribution in [3.8, 4) is 0 Å². The van der Waals surface area contributed by atoms with Crippen molar-refractivity contribution in [3.63, 3.8) is 0 Å². The molecular weight excluding hydrogens is 292 g/mol. The number of amides is 1. The van der Waals surface area contributed by atoms with Gasteiger partial charge in [0.1, 0.15) is 5.58 Å². The molecule has 0 radical (unpaired) electrons. The van der Waals surface area contributed by atoms with Crippen LogP contribution >= 0.6 is 11.6 Å². The average molecular weight is 309 g/mol. The van der Waals surface area contributed by atoms with E-state index >= 15 is 0 Å². The molecule has 1 saturated heterocycles. The van der Waals surface area contributed by atoms with Crippen LogP contribution < -0.4 is 10.6 Å². The van der Waals surface area contributed by atoms with Crippen molar-refractivity contribution in [1.29, 1.82) is 0 Å². The van der Waals surface area contributed by atoms with Crippen LogP contribution in [0, 0.1) is 12.8 Å². The van der Waals surface area contributed by atoms with Crippen molar-refractivity contribution in [1.82, 2.24) is 10.6 Å². The smallest absolute Gasteiger partial charge is 0.287 e. The summed E-state index contributed by atoms with van der Waals surface area (Å²) in [6.07, 6.45) is -0.416. The molecule has 2 heterocycles. The highest BCUT2D eigenvalue weighted by atomic mass is 35.5. The minimum absolute atomic E-state index is 0.0353. The molecule has 0 aliphatic carbocycles. The Bertz CT molecular complexity index is 683. The van der Waals surface area contributed by atoms with Crippen LogP contribution in [0.1, 0.15) is 16.1 Å². The van der Waals surface area contributed by atoms with Crippen molar-refractivity contribution in [2.45, 2.75) is 13.0 Å². The lowest BCUT2D eigenvalue weighted by atomic mass is 10.1. The minimum Gasteiger partial charge on any atom is -0.451 e. The molecule has 1 aromatic carbocycles. The highest BCUT2D eigenvalue weighted by Crippen LogP contribution is 2.27. The standard InChI is InChI=1S/C15H17ClN2O3/c1-8-11-4-10(16)2-3-13(11)21-14(8)15(20)18-6-9-5-17-7-12(9)19/h2-4,9,12,17,19H,5-7H2,1H3,(H,18,20). The number of benzene rings is 1. The zero-order valence-corrected chi connectivity index (χ0v) is 12.4. The van der Waals surface area contributed by atoms with E-state index in [2.05, 4.69) is 10.6 Å². The first-order valence-corrected chi connectivity index (χ1v) is 7.29. The number of hydrogen-bond donors (Lipinski definition) is 3. The first-order valence-electron chi connectivity index (χ1n) is 6.92. The summed E-state index contributed by atoms with van der Waals surface area (Å²) in [5.74, 6) is 0.0692. The number of carbonyl (C=O) groups excluding carboxylic acids is 1. The van der Waals surface area contributed by atoms with Crippen LogP contribution in [-0.2, 0) is 0 Å². The molecule has 5 nitrogen and oxygen atoms in total. The quantitative estimate of drug-likeness (QED) is 0.807. The van der Waals surface area contributed by atoms with Crippen LogP contribution in [0.4, 0.5) is 0 Å². The Labute approximate surface area is 127 Å². The summed E-state index contributed by atoms with van der Waals surface area (Å²) in [5.41, 5.74) is 1.42. The van der Waals surface area contributed by atoms with Gasteiger partial charge in [-0.3, -0.25) is 4.79 Å². The molecule has 1 aliphatic heterocycles. The molecule has 2 aromatic rings. The normalized spacial score (nSPS) is 21.9. The Morgan fingerprint density at radius 1 is 1.52 bits per heavy atom. The van der Waals surface area contributed by atoms with E-state index in [1.54, 1.807) is 18.2 Å². The number of fused-ring (bicyclic) bond motifs is 1. The summed E-state index contributed by atoms with van der Waals surface area (Å²) in [6.45, 7) is 3.53. The van der Waals surface area contributed by atoms with E-state index in [1.807, 2.05) is 6.92 Å². The van der Waals surface area contributed by atoms with Crippen molar-refractivity contribution in [2.24, 2.45) is 5.92 Å². The molecule has 0 bridgehead atoms. The predicted octanol–water partition coefficient (Wildman–Crippen LogP) is 1.70. The number of aryl methyl sites for hydroxylation is 1. The van der Waals surface area contributed by atoms with Gasteiger partial charge in [-0.15, -0.1) is 0 Å². The second kappa shape index (κ2) is 5.67. The Morgan fingerprint density at radius 3 is 3.05 bits per heavy atom. The zero-order valence-electron chi connectivity index (χ0n) is 11.6. The first kappa shape index (κ1) is 14.4. The number of furan rings is 1. The van der Waals surface area contributed by atoms with Gasteiger partial charge in [-0.05, 0) is 25.1 Å². The average Bonchev–Trinajstić information content (AvgIpc) is 3.01. The number of halogens is 1. The van der Waals surface area contributed by atoms with Crippen LogP contribution in [0.2, 0.25) is 5.02 Å². The number of β-amino-alcohol motifs (C(OH)–C–C–N with tert-alkyl or cyclic N) is 1. The van der Waals surface area contributed by atoms with Crippen molar-refractivity contribution < 1.29 is 14.3 Å². The van der Waals surface area contributed by atoms with E-state index in [4.69, 9.17) is 16.0 Å². The molecule has 1 aliphatic rings. The Kier molecular flexibility index (Phi) is 3.89. The van der Waals surface area contributed by atoms with Gasteiger partial charge in [-0.25, -0.2) is 0 Å². The minimum atomic E-state index is -0.416. The predicted molar refractivity (Wildman–Crippen MR) is 80.7 cm³/mol. The van der Waals surface area contributed by atoms with Crippen LogP contribution in [0.25, 0.3) is 11.0 Å². The van der Waals surface area contributed by atoms with Gasteiger partial charge in [-0.2, -0.15) is 0 Å². The van der Waals surface area contributed by atoms with E-state index in [0.29, 0.717) is 36.0 Å². The van der Waals surface area contributed by atoms with Gasteiger partial charge in [-0.1, -0.05) is 11.6 Å². The largest absolute Gasteiger partial charge is 0.451 e. The number of aliphatic hydroxyl groups is 1. The molecule has 6 heteroatoms. The van der Waals surface area contributed by atoms with Gasteiger partial charge in [0.2, 0.25) is 0 Å². The lowest BCUT2D eigenvalue weighted by Gasteiger charge is -2.13. The molecule has 1 fully saturated rings. The molecule has 2 atom stereocenters. The first-order chi connectivity index (χ1) is 10.1. The van der Waals surface area contributed by atoms with Crippen molar-refractivity contribution in [3.05, 3.63) is 34.5 Å². The van der Waals surface area contributed by atoms with E-state index < -0.39 is 6.10 Å². The topological polar surface area (TPSA) is 74.5 Å². The maximum absolute atomic E-state index is 12.2. The molecule has 112 valence electrons. The molecular formula is C15H17ClN2O3. The SMILES string of the molecule is Cc1c(C(=O)NCC2CNCC2O)oc2ccc(Cl)cc12. The van der Waals surface area contributed by atoms with Gasteiger partial charge in [0, 0.05) is 41.5 Å². The molecule has 2 unspecified atom stereocenters. The molecule has 0 saturated carbocycles. The molecule has 21 heavy (non-hydrogen) atoms. The van der Waals surface area contributed by atoms with Crippen molar-refractivity contribution >= 4 is 28.5 Å². The number of aliphatic hydroxyl groups excluding tert-OH is 1. The molecule has 1 aromatic heterocycles. The monoisotopic (exact) mass is 308 g/mol. The summed E-state index contributed by atoms with van der Waals surface area (Å²) in [7, 11) is 0. The number of nitrogens with one attached hydrogen (secondary N) is 2. The van der Waals surface area contributed by atoms with Gasteiger partial charge >= 0.3 is 0 Å². The molecule has 1 amide bonds. The summed E-state index contributed by atoms with van der Waals surface area (Å²) in [6, 6.07) is 5.28. The number of carbonyl (C=O) groups is 1. The van der Waals surface area contributed by atoms with E-state index in [1.165, 1.54) is 0 Å². The summed E-state index contributed by atoms with van der Waals surface area (Å²) in [4.78, 5) is 12.2. The van der Waals surface area contributed by atoms with Gasteiger partial charge in [0.25, 0.3) is 5.91 Å². The summed E-state index contributed by atoms with van der Waals surface area (Å²) in [5, 5.41) is 17.1. The molecule has 3 N–H and O–H groups in total. The third-order valence-corrected chi connectivity index (χ3v) is 4.17. The van der Waals surface area contributed by atoms with Crippen LogP contribution in [0.5, 0.6) is 0 Å². The molecule has 0 spiro atoms. The maximum Gasteiger partial charge on any atom is 0.287 e. The maximum atomic E-state index is 12.2. The van der Waals surface area contributed by atoms with Crippen molar-refractivity contribution in [2.75, 3.05) is 19.6 Å². The van der Waals surface area contributed by atoms with E-state index in [0.717, 1.165) is 10.9 Å². The second-order valence-electron chi connectivity index (χ2n) is 5.39. The summed E-state index contributed by atoms with van der Waals surface area (Å²) < 4.78 is 5.61. The Hall–Kier alpha value is -1.56. The Morgan fingerprint density at radius 2 is 2.33 bits per heavy atom. The summed E-state index contributed by atoms with van der Waals surface area (Å²) >= 11 is 5.97. The van der Waals surface area contributed by atoms with Gasteiger partial charge in [0.15, 0.2) is 5.76 Å². The van der Waals surface area contributed by atoms with Crippen LogP contribution in [0.15, 0.2) is 22.6 Å². The van der Waals surface area contributed by atoms with Crippen LogP contribution in [-0.4, -0.2) is 36.8 Å². The second-order valence-corrected chi connectivity index (χ2v) is 5.83. The fourth-order valence-corrected chi connectivity index (χ4v) is 2.81. The highest BCUT2D eigenvalue weighted by molar-refractivity contribution is 6.31. The van der Waals surface area contributed by atoms with Crippen LogP contribution in [0.3, 0.4) is 0 Å². The third kappa shape index (κ3) is 2.77. The fourth-order valence-electron chi connectivity index (χ4n) is 2.64. The lowest BCUT2D eigenvalue weighted by Crippen LogP contribution is -2.34. The van der Waals surface area contributed by atoms with Gasteiger partial charge in [0.05, 0.1) is 6.10 Å². The fraction of sp³-hybridized carbons (Fsp3) is 0.400. The number of rotatable bonds is 3.